The zero-order chi connectivity index (χ0) is 18.1. The predicted molar refractivity (Wildman–Crippen MR) is 102 cm³/mol. The van der Waals surface area contributed by atoms with Gasteiger partial charge in [0.05, 0.1) is 11.6 Å². The monoisotopic (exact) mass is 343 g/mol. The highest BCUT2D eigenvalue weighted by Crippen LogP contribution is 2.32. The van der Waals surface area contributed by atoms with E-state index in [1.54, 1.807) is 11.8 Å². The highest BCUT2D eigenvalue weighted by Gasteiger charge is 2.37. The number of aromatic nitrogens is 1. The number of amides is 1. The summed E-state index contributed by atoms with van der Waals surface area (Å²) in [5.41, 5.74) is 2.92. The molecule has 1 heterocycles. The van der Waals surface area contributed by atoms with Crippen molar-refractivity contribution in [3.05, 3.63) is 71.9 Å². The van der Waals surface area contributed by atoms with Crippen molar-refractivity contribution in [2.24, 2.45) is 0 Å². The smallest absolute Gasteiger partial charge is 0.257 e. The molecule has 1 aliphatic carbocycles. The van der Waals surface area contributed by atoms with Crippen molar-refractivity contribution < 1.29 is 4.79 Å². The molecule has 1 aromatic heterocycles. The van der Waals surface area contributed by atoms with Gasteiger partial charge in [0.1, 0.15) is 6.04 Å². The van der Waals surface area contributed by atoms with Gasteiger partial charge in [-0.2, -0.15) is 5.26 Å². The molecule has 0 saturated heterocycles. The van der Waals surface area contributed by atoms with Gasteiger partial charge < -0.3 is 9.47 Å². The Balaban J connectivity index is 1.76. The fourth-order valence-corrected chi connectivity index (χ4v) is 3.54. The van der Waals surface area contributed by atoms with Crippen LogP contribution in [0.5, 0.6) is 0 Å². The number of hydrogen-bond acceptors (Lipinski definition) is 2. The molecule has 26 heavy (non-hydrogen) atoms. The van der Waals surface area contributed by atoms with Crippen LogP contribution in [0.2, 0.25) is 0 Å². The maximum atomic E-state index is 13.3. The summed E-state index contributed by atoms with van der Waals surface area (Å²) < 4.78 is 2.13. The van der Waals surface area contributed by atoms with Crippen LogP contribution in [0.3, 0.4) is 0 Å². The number of carbonyl (C=O) groups excluding carboxylic acids is 1. The number of nitriles is 1. The summed E-state index contributed by atoms with van der Waals surface area (Å²) in [5.74, 6) is -0.0374. The third-order valence-electron chi connectivity index (χ3n) is 4.99. The number of carbonyl (C=O) groups is 1. The minimum Gasteiger partial charge on any atom is -0.342 e. The van der Waals surface area contributed by atoms with E-state index in [-0.39, 0.29) is 11.9 Å². The summed E-state index contributed by atoms with van der Waals surface area (Å²) in [5, 5.41) is 10.3. The van der Waals surface area contributed by atoms with Crippen LogP contribution >= 0.6 is 0 Å². The van der Waals surface area contributed by atoms with E-state index in [1.807, 2.05) is 48.7 Å². The predicted octanol–water partition coefficient (Wildman–Crippen LogP) is 4.21. The molecule has 1 fully saturated rings. The van der Waals surface area contributed by atoms with Crippen molar-refractivity contribution in [3.63, 3.8) is 0 Å². The van der Waals surface area contributed by atoms with Gasteiger partial charge in [-0.3, -0.25) is 4.79 Å². The number of nitrogens with zero attached hydrogens (tertiary/aromatic N) is 3. The molecule has 4 heteroatoms. The van der Waals surface area contributed by atoms with Crippen LogP contribution in [0.15, 0.2) is 60.8 Å². The van der Waals surface area contributed by atoms with Crippen LogP contribution in [-0.2, 0) is 6.54 Å². The second-order valence-electron chi connectivity index (χ2n) is 6.92. The Labute approximate surface area is 153 Å². The van der Waals surface area contributed by atoms with Crippen molar-refractivity contribution in [2.75, 3.05) is 0 Å². The molecule has 1 aliphatic rings. The molecule has 0 N–H and O–H groups in total. The standard InChI is InChI=1S/C22H21N3O/c1-16(13-23)25(18-11-12-18)22(26)20-15-24(14-17-7-3-2-4-8-17)21-10-6-5-9-19(20)21/h2-10,15-16,18H,11-12,14H2,1H3. The van der Waals surface area contributed by atoms with Crippen molar-refractivity contribution >= 4 is 16.8 Å². The van der Waals surface area contributed by atoms with E-state index < -0.39 is 6.04 Å². The summed E-state index contributed by atoms with van der Waals surface area (Å²) in [6.45, 7) is 2.52. The van der Waals surface area contributed by atoms with Gasteiger partial charge in [0.15, 0.2) is 0 Å². The lowest BCUT2D eigenvalue weighted by Gasteiger charge is -2.24. The molecule has 0 aliphatic heterocycles. The molecular formula is C22H21N3O. The molecule has 3 aromatic rings. The molecule has 0 spiro atoms. The summed E-state index contributed by atoms with van der Waals surface area (Å²) in [4.78, 5) is 15.0. The van der Waals surface area contributed by atoms with E-state index in [1.165, 1.54) is 5.56 Å². The van der Waals surface area contributed by atoms with Crippen molar-refractivity contribution in [1.29, 1.82) is 5.26 Å². The lowest BCUT2D eigenvalue weighted by atomic mass is 10.1. The molecule has 0 radical (unpaired) electrons. The Morgan fingerprint density at radius 3 is 2.58 bits per heavy atom. The number of fused-ring (bicyclic) bond motifs is 1. The Kier molecular flexibility index (Phi) is 4.22. The van der Waals surface area contributed by atoms with Gasteiger partial charge in [0, 0.05) is 29.7 Å². The second-order valence-corrected chi connectivity index (χ2v) is 6.92. The van der Waals surface area contributed by atoms with E-state index in [0.29, 0.717) is 12.1 Å². The largest absolute Gasteiger partial charge is 0.342 e. The molecule has 1 saturated carbocycles. The first kappa shape index (κ1) is 16.4. The minimum absolute atomic E-state index is 0.0374. The quantitative estimate of drug-likeness (QED) is 0.697. The maximum absolute atomic E-state index is 13.3. The molecule has 2 aromatic carbocycles. The second kappa shape index (κ2) is 6.68. The molecule has 4 nitrogen and oxygen atoms in total. The van der Waals surface area contributed by atoms with Crippen LogP contribution in [0, 0.1) is 11.3 Å². The van der Waals surface area contributed by atoms with E-state index in [4.69, 9.17) is 0 Å². The normalized spacial score (nSPS) is 14.8. The van der Waals surface area contributed by atoms with E-state index in [2.05, 4.69) is 22.8 Å². The third-order valence-corrected chi connectivity index (χ3v) is 4.99. The van der Waals surface area contributed by atoms with Crippen LogP contribution in [0.4, 0.5) is 0 Å². The lowest BCUT2D eigenvalue weighted by molar-refractivity contribution is 0.0716. The zero-order valence-electron chi connectivity index (χ0n) is 14.8. The SMILES string of the molecule is CC(C#N)N(C(=O)c1cn(Cc2ccccc2)c2ccccc12)C1CC1. The van der Waals surface area contributed by atoms with Gasteiger partial charge in [-0.1, -0.05) is 48.5 Å². The van der Waals surface area contributed by atoms with E-state index in [9.17, 15) is 10.1 Å². The van der Waals surface area contributed by atoms with E-state index >= 15 is 0 Å². The first-order valence-corrected chi connectivity index (χ1v) is 9.03. The molecule has 1 atom stereocenters. The average Bonchev–Trinajstić information content (AvgIpc) is 3.44. The lowest BCUT2D eigenvalue weighted by Crippen LogP contribution is -2.39. The van der Waals surface area contributed by atoms with Crippen LogP contribution < -0.4 is 0 Å². The first-order valence-electron chi connectivity index (χ1n) is 9.03. The van der Waals surface area contributed by atoms with Gasteiger partial charge in [0.25, 0.3) is 5.91 Å². The van der Waals surface area contributed by atoms with E-state index in [0.717, 1.165) is 23.7 Å². The summed E-state index contributed by atoms with van der Waals surface area (Å²) in [7, 11) is 0. The first-order chi connectivity index (χ1) is 12.7. The van der Waals surface area contributed by atoms with Crippen molar-refractivity contribution in [1.82, 2.24) is 9.47 Å². The van der Waals surface area contributed by atoms with Gasteiger partial charge in [-0.25, -0.2) is 0 Å². The number of rotatable bonds is 5. The van der Waals surface area contributed by atoms with Gasteiger partial charge in [-0.05, 0) is 31.4 Å². The van der Waals surface area contributed by atoms with Gasteiger partial charge in [-0.15, -0.1) is 0 Å². The number of hydrogen-bond donors (Lipinski definition) is 0. The molecule has 1 amide bonds. The summed E-state index contributed by atoms with van der Waals surface area (Å²) in [6.07, 6.45) is 3.92. The van der Waals surface area contributed by atoms with Gasteiger partial charge >= 0.3 is 0 Å². The molecule has 130 valence electrons. The number of benzene rings is 2. The summed E-state index contributed by atoms with van der Waals surface area (Å²) >= 11 is 0. The third kappa shape index (κ3) is 2.97. The highest BCUT2D eigenvalue weighted by atomic mass is 16.2. The maximum Gasteiger partial charge on any atom is 0.257 e. The summed E-state index contributed by atoms with van der Waals surface area (Å²) in [6, 6.07) is 20.2. The Bertz CT molecular complexity index is 980. The Hall–Kier alpha value is -3.06. The van der Waals surface area contributed by atoms with Gasteiger partial charge in [0.2, 0.25) is 0 Å². The average molecular weight is 343 g/mol. The van der Waals surface area contributed by atoms with Crippen molar-refractivity contribution in [2.45, 2.75) is 38.4 Å². The number of para-hydroxylation sites is 1. The Morgan fingerprint density at radius 2 is 1.88 bits per heavy atom. The molecular weight excluding hydrogens is 322 g/mol. The zero-order valence-corrected chi connectivity index (χ0v) is 14.8. The van der Waals surface area contributed by atoms with Crippen molar-refractivity contribution in [3.8, 4) is 6.07 Å². The fraction of sp³-hybridized carbons (Fsp3) is 0.273. The minimum atomic E-state index is -0.411. The van der Waals surface area contributed by atoms with Crippen LogP contribution in [-0.4, -0.2) is 27.5 Å². The molecule has 1 unspecified atom stereocenters. The molecule has 4 rings (SSSR count). The molecule has 0 bridgehead atoms. The topological polar surface area (TPSA) is 49.0 Å². The fourth-order valence-electron chi connectivity index (χ4n) is 3.54. The Morgan fingerprint density at radius 1 is 1.19 bits per heavy atom. The van der Waals surface area contributed by atoms with Crippen LogP contribution in [0.1, 0.15) is 35.7 Å². The highest BCUT2D eigenvalue weighted by molar-refractivity contribution is 6.07. The van der Waals surface area contributed by atoms with Crippen LogP contribution in [0.25, 0.3) is 10.9 Å².